The molecule has 23 heavy (non-hydrogen) atoms. The van der Waals surface area contributed by atoms with E-state index in [1.165, 1.54) is 6.08 Å². The highest BCUT2D eigenvalue weighted by atomic mass is 16.7. The molecule has 2 aromatic carbocycles. The van der Waals surface area contributed by atoms with Crippen LogP contribution in [0.1, 0.15) is 26.3 Å². The second-order valence-electron chi connectivity index (χ2n) is 4.97. The minimum atomic E-state index is -0.142. The Morgan fingerprint density at radius 1 is 1.00 bits per heavy atom. The highest BCUT2D eigenvalue weighted by Gasteiger charge is 2.15. The summed E-state index contributed by atoms with van der Waals surface area (Å²) in [7, 11) is 1.58. The zero-order chi connectivity index (χ0) is 16.2. The minimum Gasteiger partial charge on any atom is -0.454 e. The molecule has 0 bridgehead atoms. The first kappa shape index (κ1) is 14.8. The van der Waals surface area contributed by atoms with E-state index in [2.05, 4.69) is 5.32 Å². The van der Waals surface area contributed by atoms with Gasteiger partial charge in [0.15, 0.2) is 17.3 Å². The number of fused-ring (bicyclic) bond motifs is 1. The van der Waals surface area contributed by atoms with Crippen LogP contribution in [0.4, 0.5) is 0 Å². The number of hydrogen-bond acceptors (Lipinski definition) is 4. The SMILES string of the molecule is CNC(=O)c1ccc(C=CC(=O)c2ccc3c(c2)OCO3)cc1. The van der Waals surface area contributed by atoms with Gasteiger partial charge >= 0.3 is 0 Å². The van der Waals surface area contributed by atoms with Crippen LogP contribution in [0.3, 0.4) is 0 Å². The largest absolute Gasteiger partial charge is 0.454 e. The number of allylic oxidation sites excluding steroid dienone is 1. The van der Waals surface area contributed by atoms with Gasteiger partial charge < -0.3 is 14.8 Å². The molecule has 1 N–H and O–H groups in total. The van der Waals surface area contributed by atoms with E-state index in [1.807, 2.05) is 0 Å². The Morgan fingerprint density at radius 3 is 2.43 bits per heavy atom. The van der Waals surface area contributed by atoms with E-state index in [9.17, 15) is 9.59 Å². The Bertz CT molecular complexity index is 778. The van der Waals surface area contributed by atoms with Crippen molar-refractivity contribution >= 4 is 17.8 Å². The number of carbonyl (C=O) groups is 2. The lowest BCUT2D eigenvalue weighted by molar-refractivity contribution is 0.0962. The van der Waals surface area contributed by atoms with Crippen molar-refractivity contribution in [2.45, 2.75) is 0 Å². The van der Waals surface area contributed by atoms with Crippen LogP contribution >= 0.6 is 0 Å². The standard InChI is InChI=1S/C18H15NO4/c1-19-18(21)13-5-2-12(3-6-13)4-8-15(20)14-7-9-16-17(10-14)23-11-22-16/h2-10H,11H2,1H3,(H,19,21). The number of amides is 1. The van der Waals surface area contributed by atoms with Gasteiger partial charge in [0.2, 0.25) is 6.79 Å². The number of benzene rings is 2. The van der Waals surface area contributed by atoms with Crippen molar-refractivity contribution in [2.75, 3.05) is 13.8 Å². The summed E-state index contributed by atoms with van der Waals surface area (Å²) < 4.78 is 10.5. The van der Waals surface area contributed by atoms with Crippen LogP contribution in [0, 0.1) is 0 Å². The van der Waals surface area contributed by atoms with Gasteiger partial charge in [-0.1, -0.05) is 18.2 Å². The molecule has 0 unspecified atom stereocenters. The molecule has 0 saturated carbocycles. The van der Waals surface area contributed by atoms with Gasteiger partial charge in [-0.2, -0.15) is 0 Å². The predicted octanol–water partition coefficient (Wildman–Crippen LogP) is 2.67. The van der Waals surface area contributed by atoms with Crippen molar-refractivity contribution in [2.24, 2.45) is 0 Å². The maximum absolute atomic E-state index is 12.2. The Balaban J connectivity index is 1.72. The highest BCUT2D eigenvalue weighted by molar-refractivity contribution is 6.07. The number of carbonyl (C=O) groups excluding carboxylic acids is 2. The monoisotopic (exact) mass is 309 g/mol. The van der Waals surface area contributed by atoms with Gasteiger partial charge in [0.05, 0.1) is 0 Å². The third kappa shape index (κ3) is 3.23. The third-order valence-electron chi connectivity index (χ3n) is 3.48. The van der Waals surface area contributed by atoms with Crippen LogP contribution in [0.2, 0.25) is 0 Å². The lowest BCUT2D eigenvalue weighted by Gasteiger charge is -2.00. The molecule has 3 rings (SSSR count). The molecule has 0 fully saturated rings. The number of nitrogens with one attached hydrogen (secondary N) is 1. The van der Waals surface area contributed by atoms with Crippen molar-refractivity contribution in [3.8, 4) is 11.5 Å². The van der Waals surface area contributed by atoms with Crippen LogP contribution < -0.4 is 14.8 Å². The molecule has 5 nitrogen and oxygen atoms in total. The molecule has 0 spiro atoms. The first-order chi connectivity index (χ1) is 11.2. The second-order valence-corrected chi connectivity index (χ2v) is 4.97. The fraction of sp³-hybridized carbons (Fsp3) is 0.111. The van der Waals surface area contributed by atoms with E-state index in [0.717, 1.165) is 5.56 Å². The third-order valence-corrected chi connectivity index (χ3v) is 3.48. The molecule has 116 valence electrons. The van der Waals surface area contributed by atoms with Crippen molar-refractivity contribution in [3.05, 3.63) is 65.2 Å². The van der Waals surface area contributed by atoms with Gasteiger partial charge in [-0.25, -0.2) is 0 Å². The zero-order valence-electron chi connectivity index (χ0n) is 12.5. The van der Waals surface area contributed by atoms with Crippen LogP contribution in [0.25, 0.3) is 6.08 Å². The summed E-state index contributed by atoms with van der Waals surface area (Å²) in [5.74, 6) is 0.963. The van der Waals surface area contributed by atoms with Gasteiger partial charge in [-0.3, -0.25) is 9.59 Å². The van der Waals surface area contributed by atoms with Crippen LogP contribution in [-0.2, 0) is 0 Å². The Morgan fingerprint density at radius 2 is 1.70 bits per heavy atom. The number of rotatable bonds is 4. The lowest BCUT2D eigenvalue weighted by Crippen LogP contribution is -2.17. The second kappa shape index (κ2) is 6.36. The topological polar surface area (TPSA) is 64.6 Å². The number of ketones is 1. The predicted molar refractivity (Wildman–Crippen MR) is 85.8 cm³/mol. The van der Waals surface area contributed by atoms with E-state index < -0.39 is 0 Å². The van der Waals surface area contributed by atoms with Gasteiger partial charge in [-0.15, -0.1) is 0 Å². The van der Waals surface area contributed by atoms with Gasteiger partial charge in [0.25, 0.3) is 5.91 Å². The summed E-state index contributed by atoms with van der Waals surface area (Å²) in [6.45, 7) is 0.181. The first-order valence-corrected chi connectivity index (χ1v) is 7.11. The van der Waals surface area contributed by atoms with Crippen LogP contribution in [0.5, 0.6) is 11.5 Å². The number of hydrogen-bond donors (Lipinski definition) is 1. The number of ether oxygens (including phenoxy) is 2. The van der Waals surface area contributed by atoms with Crippen molar-refractivity contribution in [1.82, 2.24) is 5.32 Å². The average molecular weight is 309 g/mol. The fourth-order valence-electron chi connectivity index (χ4n) is 2.21. The summed E-state index contributed by atoms with van der Waals surface area (Å²) >= 11 is 0. The Labute approximate surface area is 133 Å². The molecular formula is C18H15NO4. The molecule has 0 radical (unpaired) electrons. The summed E-state index contributed by atoms with van der Waals surface area (Å²) in [5.41, 5.74) is 1.95. The summed E-state index contributed by atoms with van der Waals surface area (Å²) in [6.07, 6.45) is 3.20. The zero-order valence-corrected chi connectivity index (χ0v) is 12.5. The van der Waals surface area contributed by atoms with Crippen molar-refractivity contribution in [1.29, 1.82) is 0 Å². The maximum atomic E-state index is 12.2. The molecule has 0 saturated heterocycles. The molecule has 0 atom stereocenters. The van der Waals surface area contributed by atoms with E-state index in [4.69, 9.17) is 9.47 Å². The van der Waals surface area contributed by atoms with E-state index in [-0.39, 0.29) is 18.5 Å². The van der Waals surface area contributed by atoms with Gasteiger partial charge in [0.1, 0.15) is 0 Å². The van der Waals surface area contributed by atoms with Crippen LogP contribution in [-0.4, -0.2) is 25.5 Å². The average Bonchev–Trinajstić information content (AvgIpc) is 3.07. The summed E-state index contributed by atoms with van der Waals surface area (Å²) in [6, 6.07) is 12.1. The Hall–Kier alpha value is -3.08. The molecule has 1 aliphatic heterocycles. The highest BCUT2D eigenvalue weighted by Crippen LogP contribution is 2.32. The molecule has 5 heteroatoms. The smallest absolute Gasteiger partial charge is 0.251 e. The van der Waals surface area contributed by atoms with E-state index >= 15 is 0 Å². The molecule has 1 amide bonds. The summed E-state index contributed by atoms with van der Waals surface area (Å²) in [4.78, 5) is 23.7. The summed E-state index contributed by atoms with van der Waals surface area (Å²) in [5, 5.41) is 2.56. The van der Waals surface area contributed by atoms with Gasteiger partial charge in [0, 0.05) is 18.2 Å². The first-order valence-electron chi connectivity index (χ1n) is 7.11. The molecule has 1 aliphatic rings. The van der Waals surface area contributed by atoms with Crippen LogP contribution in [0.15, 0.2) is 48.5 Å². The molecular weight excluding hydrogens is 294 g/mol. The fourth-order valence-corrected chi connectivity index (χ4v) is 2.21. The molecule has 0 aliphatic carbocycles. The van der Waals surface area contributed by atoms with E-state index in [0.29, 0.717) is 22.6 Å². The Kier molecular flexibility index (Phi) is 4.10. The lowest BCUT2D eigenvalue weighted by atomic mass is 10.1. The quantitative estimate of drug-likeness (QED) is 0.696. The molecule has 1 heterocycles. The van der Waals surface area contributed by atoms with Crippen molar-refractivity contribution in [3.63, 3.8) is 0 Å². The molecule has 2 aromatic rings. The maximum Gasteiger partial charge on any atom is 0.251 e. The van der Waals surface area contributed by atoms with Crippen molar-refractivity contribution < 1.29 is 19.1 Å². The molecule has 0 aromatic heterocycles. The minimum absolute atomic E-state index is 0.126. The van der Waals surface area contributed by atoms with E-state index in [1.54, 1.807) is 55.6 Å². The normalized spacial score (nSPS) is 12.4. The van der Waals surface area contributed by atoms with Gasteiger partial charge in [-0.05, 0) is 42.0 Å².